The van der Waals surface area contributed by atoms with Crippen LogP contribution in [0.15, 0.2) is 233 Å². The van der Waals surface area contributed by atoms with E-state index in [4.69, 9.17) is 52.7 Å². The largest absolute Gasteiger partial charge is 0.714 e. The third kappa shape index (κ3) is 62.6. The third-order valence-electron chi connectivity index (χ3n) is 11.4. The van der Waals surface area contributed by atoms with Gasteiger partial charge >= 0.3 is 11.9 Å². The molecule has 0 aliphatic heterocycles. The predicted molar refractivity (Wildman–Crippen MR) is 448 cm³/mol. The Morgan fingerprint density at radius 2 is 0.634 bits per heavy atom. The maximum Gasteiger partial charge on any atom is 0.302 e. The summed E-state index contributed by atoms with van der Waals surface area (Å²) in [4.78, 5) is 90.7. The van der Waals surface area contributed by atoms with Crippen LogP contribution in [-0.4, -0.2) is 64.4 Å². The number of carbonyl (C=O) groups is 6. The first-order chi connectivity index (χ1) is 54.3. The van der Waals surface area contributed by atoms with Crippen molar-refractivity contribution in [2.45, 2.75) is 106 Å². The first-order valence-corrected chi connectivity index (χ1v) is 44.8. The van der Waals surface area contributed by atoms with Gasteiger partial charge < -0.3 is 70.8 Å². The molecule has 0 aliphatic rings. The Bertz CT molecular complexity index is 3970. The molecule has 0 atom stereocenters. The van der Waals surface area contributed by atoms with Crippen molar-refractivity contribution < 1.29 is 233 Å². The van der Waals surface area contributed by atoms with Gasteiger partial charge in [-0.2, -0.15) is 0 Å². The fourth-order valence-electron chi connectivity index (χ4n) is 6.95. The molecule has 8 aromatic rings. The number of ether oxygens (including phenoxy) is 8. The summed E-state index contributed by atoms with van der Waals surface area (Å²) in [7, 11) is 16.8. The van der Waals surface area contributed by atoms with Crippen LogP contribution >= 0.6 is 153 Å². The van der Waals surface area contributed by atoms with E-state index in [1.807, 2.05) is 194 Å². The van der Waals surface area contributed by atoms with Gasteiger partial charge in [-0.15, -0.1) is 23.1 Å². The summed E-state index contributed by atoms with van der Waals surface area (Å²) in [5.41, 5.74) is 7.25. The van der Waals surface area contributed by atoms with Gasteiger partial charge in [-0.3, -0.25) is 98.3 Å². The maximum atomic E-state index is 10.8. The van der Waals surface area contributed by atoms with Gasteiger partial charge in [0.1, 0.15) is 41.9 Å². The third-order valence-corrected chi connectivity index (χ3v) is 22.3. The molecular formula is C72H72O16S16V8-8. The van der Waals surface area contributed by atoms with E-state index in [0.29, 0.717) is 12.5 Å². The van der Waals surface area contributed by atoms with Crippen LogP contribution in [0.25, 0.3) is 0 Å². The molecular weight excluding hydrogens is 2040 g/mol. The standard InChI is InChI=1S/2C10H11O2S2.2C9H9O2S2.C9H10O2S2.C9H9O2S2.C8H8O2S2.C8H7O2S2.8V/c2*1-8(11)12-7-9-5-3-4-6-10(9)14-13-2;2*1-12-13-9-5-3-2-4-8(9)6-11-7-10;2*1-7(10)11-6-8-4-2-3-5-9(8)13-12;2*9-6-10-5-7-3-1-2-4-8(7)12-11;;;;;;;;/h3-6H,2,7H2,1H3;3-6H,1,7H2,2H3;2-5H,6H2,1H3;2-5,7H,1,6H2;2-5,12H,6H2,1H3;2-5,12H,1,6H2;1-4,6,11H,5H2;1-4,11H,5H2;;;;;;;;/q4*-1;;-1;;-1;;;;;;;;/p-2/i1D;2D;1D;7D;1D;;6D;;;;;;;;;/hD2. The molecule has 0 heterocycles. The minimum Gasteiger partial charge on any atom is -0.714 e. The smallest absolute Gasteiger partial charge is 0.302 e. The maximum absolute atomic E-state index is 10.8. The van der Waals surface area contributed by atoms with E-state index in [1.165, 1.54) is 142 Å². The molecule has 0 spiro atoms. The van der Waals surface area contributed by atoms with Crippen LogP contribution in [0.5, 0.6) is 0 Å². The molecule has 0 aliphatic carbocycles. The van der Waals surface area contributed by atoms with Crippen LogP contribution in [0.2, 0.25) is 0 Å². The Morgan fingerprint density at radius 1 is 0.393 bits per heavy atom. The zero-order chi connectivity index (χ0) is 82.8. The summed E-state index contributed by atoms with van der Waals surface area (Å²) >= 11 is 11.5. The normalized spacial score (nSPS) is 9.89. The minimum absolute atomic E-state index is 0. The van der Waals surface area contributed by atoms with Crippen molar-refractivity contribution in [1.29, 1.82) is 2.25 Å². The number of hydrogen-bond donors (Lipinski definition) is 2. The van der Waals surface area contributed by atoms with E-state index in [9.17, 15) is 38.4 Å². The Labute approximate surface area is 833 Å². The van der Waals surface area contributed by atoms with Gasteiger partial charge in [0.2, 0.25) is 0 Å². The van der Waals surface area contributed by atoms with Crippen molar-refractivity contribution in [3.63, 3.8) is 0 Å². The molecule has 8 aromatic carbocycles. The molecule has 600 valence electrons. The quantitative estimate of drug-likeness (QED) is 0.00763. The van der Waals surface area contributed by atoms with E-state index >= 15 is 0 Å². The molecule has 16 nitrogen and oxygen atoms in total. The monoisotopic (exact) mass is 2120 g/mol. The predicted octanol–water partition coefficient (Wildman–Crippen LogP) is 20.7. The van der Waals surface area contributed by atoms with Gasteiger partial charge in [-0.25, -0.2) is 0 Å². The number of rotatable bonds is 32. The zero-order valence-corrected chi connectivity index (χ0v) is 82.7. The van der Waals surface area contributed by atoms with Gasteiger partial charge in [0, 0.05) is 242 Å². The molecule has 0 saturated heterocycles. The molecule has 0 fully saturated rings. The molecule has 0 aromatic heterocycles. The molecule has 0 amide bonds. The van der Waals surface area contributed by atoms with E-state index in [-0.39, 0.29) is 215 Å². The van der Waals surface area contributed by atoms with E-state index in [1.54, 1.807) is 0 Å². The molecule has 0 N–H and O–H groups in total. The van der Waals surface area contributed by atoms with Gasteiger partial charge in [-0.1, -0.05) is 257 Å². The van der Waals surface area contributed by atoms with Gasteiger partial charge in [0.15, 0.2) is 14.7 Å². The number of benzene rings is 8. The van der Waals surface area contributed by atoms with Crippen molar-refractivity contribution in [1.82, 2.24) is 0 Å². The van der Waals surface area contributed by atoms with Gasteiger partial charge in [0.05, 0.1) is 13.2 Å². The zero-order valence-electron chi connectivity index (χ0n) is 66.4. The number of thiol groups is 2. The molecule has 8 rings (SSSR count). The molecule has 0 unspecified atom stereocenters. The number of esters is 4. The summed E-state index contributed by atoms with van der Waals surface area (Å²) < 4.78 is 92.4. The summed E-state index contributed by atoms with van der Waals surface area (Å²) in [6, 6.07) is 60.3. The molecule has 0 bridgehead atoms. The van der Waals surface area contributed by atoms with Crippen LogP contribution in [-0.2, 0) is 301 Å². The fourth-order valence-corrected chi connectivity index (χ4v) is 15.8. The van der Waals surface area contributed by atoms with Crippen molar-refractivity contribution in [2.24, 2.45) is 0 Å². The fraction of sp³-hybridized carbons (Fsp3) is 0.167. The van der Waals surface area contributed by atoms with Gasteiger partial charge in [-0.05, 0) is 58.7 Å². The van der Waals surface area contributed by atoms with Crippen molar-refractivity contribution in [3.8, 4) is 0 Å². The van der Waals surface area contributed by atoms with Gasteiger partial charge in [0.25, 0.3) is 12.9 Å². The SMILES string of the molecule is [2H]C(=O)OCc1ccccc1SS[CH2-].[2H]C(=O)OCc1ccccc1S[S-].[2H]CC(=O)OCc1ccccc1SS[CH2-].[2H]CC(=O)OCc1ccccc1S[S-].[2H]CSSc1ccccc1COC([CH2-])=O.[2H]CSSc1ccccc1CO[C-]=O.[2H]SSc1ccccc1COC([CH2-])=O.[2H]SSc1ccccc1CO[C-]=O.[V].[V].[V].[V].[V].[V].[V].[V]. The van der Waals surface area contributed by atoms with Crippen LogP contribution in [0.1, 0.15) is 66.5 Å². The second-order valence-electron chi connectivity index (χ2n) is 18.1. The van der Waals surface area contributed by atoms with E-state index in [2.05, 4.69) is 45.3 Å². The summed E-state index contributed by atoms with van der Waals surface area (Å²) in [6.45, 7) is 9.94. The second-order valence-corrected chi connectivity index (χ2v) is 30.8. The Hall–Kier alpha value is -0.465. The summed E-state index contributed by atoms with van der Waals surface area (Å²) in [5, 5.41) is 0. The number of hydrogen-bond acceptors (Lipinski definition) is 32. The van der Waals surface area contributed by atoms with Crippen LogP contribution in [0, 0.1) is 26.4 Å². The molecule has 0 saturated carbocycles. The minimum atomic E-state index is -1.02. The summed E-state index contributed by atoms with van der Waals surface area (Å²) in [5.74, 6) is -2.09. The topological polar surface area (TPSA) is 210 Å². The first-order valence-electron chi connectivity index (χ1n) is 33.2. The Balaban J connectivity index is -0.000000197. The molecule has 40 heteroatoms. The van der Waals surface area contributed by atoms with Crippen molar-refractivity contribution in [2.75, 3.05) is 12.5 Å². The van der Waals surface area contributed by atoms with E-state index in [0.717, 1.165) is 107 Å². The average Bonchev–Trinajstić information content (AvgIpc) is 1.07. The van der Waals surface area contributed by atoms with Crippen molar-refractivity contribution >= 4 is 226 Å². The Morgan fingerprint density at radius 3 is 0.902 bits per heavy atom. The van der Waals surface area contributed by atoms with Crippen LogP contribution in [0.3, 0.4) is 0 Å². The average molecular weight is 2120 g/mol. The van der Waals surface area contributed by atoms with Crippen LogP contribution in [0.4, 0.5) is 0 Å². The molecule has 8 radical (unpaired) electrons. The van der Waals surface area contributed by atoms with Crippen LogP contribution < -0.4 is 0 Å². The molecule has 112 heavy (non-hydrogen) atoms. The number of carbonyl (C=O) groups excluding carboxylic acids is 8. The Kier molecular flexibility index (Phi) is 85.0. The second kappa shape index (κ2) is 86.9. The van der Waals surface area contributed by atoms with E-state index < -0.39 is 36.8 Å². The van der Waals surface area contributed by atoms with Crippen molar-refractivity contribution in [3.05, 3.63) is 265 Å². The first kappa shape index (κ1) is 110. The summed E-state index contributed by atoms with van der Waals surface area (Å²) in [6.07, 6.45) is 5.90.